The molecule has 27 heavy (non-hydrogen) atoms. The quantitative estimate of drug-likeness (QED) is 0.479. The standard InChI is InChI=1S/C20H17NO6/c1-12-7-8-15-16(9-12)19(23)21(18(15)22)27-10-13-5-3-4-6-14(13)17(11-26-2)20(24)25/h3-9,11H,10H2,1-2H3,(H,24,25). The van der Waals surface area contributed by atoms with Crippen LogP contribution in [0.3, 0.4) is 0 Å². The smallest absolute Gasteiger partial charge is 0.339 e. The molecule has 2 aromatic carbocycles. The number of hydrogen-bond acceptors (Lipinski definition) is 5. The summed E-state index contributed by atoms with van der Waals surface area (Å²) in [5, 5.41) is 10.1. The molecule has 1 N–H and O–H groups in total. The van der Waals surface area contributed by atoms with Gasteiger partial charge in [0.05, 0.1) is 24.5 Å². The van der Waals surface area contributed by atoms with E-state index in [9.17, 15) is 19.5 Å². The van der Waals surface area contributed by atoms with Gasteiger partial charge in [-0.25, -0.2) is 4.79 Å². The van der Waals surface area contributed by atoms with Crippen molar-refractivity contribution in [3.8, 4) is 0 Å². The summed E-state index contributed by atoms with van der Waals surface area (Å²) in [5.74, 6) is -2.25. The van der Waals surface area contributed by atoms with Gasteiger partial charge in [-0.1, -0.05) is 35.9 Å². The number of carbonyl (C=O) groups is 3. The zero-order valence-corrected chi connectivity index (χ0v) is 14.8. The van der Waals surface area contributed by atoms with Crippen LogP contribution in [-0.2, 0) is 21.0 Å². The highest BCUT2D eigenvalue weighted by atomic mass is 16.7. The lowest BCUT2D eigenvalue weighted by atomic mass is 10.0. The van der Waals surface area contributed by atoms with Crippen LogP contribution < -0.4 is 0 Å². The Hall–Kier alpha value is -3.45. The van der Waals surface area contributed by atoms with Gasteiger partial charge in [-0.2, -0.15) is 0 Å². The summed E-state index contributed by atoms with van der Waals surface area (Å²) in [7, 11) is 1.35. The largest absolute Gasteiger partial charge is 0.503 e. The fraction of sp³-hybridized carbons (Fsp3) is 0.150. The Morgan fingerprint density at radius 2 is 1.81 bits per heavy atom. The summed E-state index contributed by atoms with van der Waals surface area (Å²) < 4.78 is 4.84. The number of carbonyl (C=O) groups excluding carboxylic acids is 2. The maximum Gasteiger partial charge on any atom is 0.339 e. The summed E-state index contributed by atoms with van der Waals surface area (Å²) in [5.41, 5.74) is 2.24. The van der Waals surface area contributed by atoms with Gasteiger partial charge >= 0.3 is 5.97 Å². The highest BCUT2D eigenvalue weighted by molar-refractivity contribution is 6.20. The van der Waals surface area contributed by atoms with Gasteiger partial charge < -0.3 is 9.84 Å². The number of aryl methyl sites for hydroxylation is 1. The minimum absolute atomic E-state index is 0.0605. The predicted octanol–water partition coefficient (Wildman–Crippen LogP) is 2.79. The molecule has 0 radical (unpaired) electrons. The number of methoxy groups -OCH3 is 1. The number of benzene rings is 2. The fourth-order valence-electron chi connectivity index (χ4n) is 2.84. The molecule has 0 aliphatic carbocycles. The summed E-state index contributed by atoms with van der Waals surface area (Å²) in [6, 6.07) is 11.6. The first-order valence-corrected chi connectivity index (χ1v) is 8.11. The van der Waals surface area contributed by atoms with Crippen LogP contribution in [0.15, 0.2) is 48.7 Å². The maximum absolute atomic E-state index is 12.5. The molecule has 2 amide bonds. The third kappa shape index (κ3) is 3.45. The number of carboxylic acids is 1. The SMILES string of the molecule is COC=C(C(=O)O)c1ccccc1CON1C(=O)c2ccc(C)cc2C1=O. The number of nitrogens with zero attached hydrogens (tertiary/aromatic N) is 1. The summed E-state index contributed by atoms with van der Waals surface area (Å²) in [4.78, 5) is 41.8. The van der Waals surface area contributed by atoms with E-state index < -0.39 is 17.8 Å². The van der Waals surface area contributed by atoms with Crippen molar-refractivity contribution in [1.29, 1.82) is 0 Å². The number of hydroxylamine groups is 2. The molecule has 0 bridgehead atoms. The van der Waals surface area contributed by atoms with Gasteiger partial charge in [0.15, 0.2) is 0 Å². The van der Waals surface area contributed by atoms with E-state index >= 15 is 0 Å². The van der Waals surface area contributed by atoms with Crippen molar-refractivity contribution >= 4 is 23.4 Å². The number of fused-ring (bicyclic) bond motifs is 1. The van der Waals surface area contributed by atoms with Crippen LogP contribution in [0.5, 0.6) is 0 Å². The van der Waals surface area contributed by atoms with Crippen molar-refractivity contribution in [3.63, 3.8) is 0 Å². The molecule has 2 aromatic rings. The molecular weight excluding hydrogens is 350 g/mol. The van der Waals surface area contributed by atoms with E-state index in [2.05, 4.69) is 0 Å². The van der Waals surface area contributed by atoms with Crippen LogP contribution in [0.4, 0.5) is 0 Å². The van der Waals surface area contributed by atoms with E-state index in [0.29, 0.717) is 21.8 Å². The first-order valence-electron chi connectivity index (χ1n) is 8.11. The molecule has 3 rings (SSSR count). The average Bonchev–Trinajstić information content (AvgIpc) is 2.88. The summed E-state index contributed by atoms with van der Waals surface area (Å²) >= 11 is 0. The van der Waals surface area contributed by atoms with Crippen LogP contribution in [0.1, 0.15) is 37.4 Å². The Kier molecular flexibility index (Phi) is 5.05. The van der Waals surface area contributed by atoms with E-state index in [1.807, 2.05) is 6.92 Å². The number of imide groups is 1. The number of rotatable bonds is 6. The normalized spacial score (nSPS) is 13.7. The summed E-state index contributed by atoms with van der Waals surface area (Å²) in [6.07, 6.45) is 1.12. The molecule has 0 fully saturated rings. The van der Waals surface area contributed by atoms with Gasteiger partial charge in [-0.05, 0) is 30.2 Å². The van der Waals surface area contributed by atoms with Crippen LogP contribution in [-0.4, -0.2) is 35.1 Å². The molecule has 138 valence electrons. The van der Waals surface area contributed by atoms with E-state index in [1.165, 1.54) is 7.11 Å². The molecule has 1 aliphatic heterocycles. The van der Waals surface area contributed by atoms with Crippen molar-refractivity contribution in [2.24, 2.45) is 0 Å². The number of amides is 2. The zero-order valence-electron chi connectivity index (χ0n) is 14.8. The van der Waals surface area contributed by atoms with Gasteiger partial charge in [0.1, 0.15) is 12.2 Å². The minimum atomic E-state index is -1.17. The minimum Gasteiger partial charge on any atom is -0.503 e. The average molecular weight is 367 g/mol. The van der Waals surface area contributed by atoms with Gasteiger partial charge in [0.2, 0.25) is 0 Å². The topological polar surface area (TPSA) is 93.1 Å². The second-order valence-electron chi connectivity index (χ2n) is 5.96. The molecule has 0 atom stereocenters. The number of ether oxygens (including phenoxy) is 1. The molecule has 0 unspecified atom stereocenters. The molecule has 0 saturated heterocycles. The predicted molar refractivity (Wildman–Crippen MR) is 95.5 cm³/mol. The van der Waals surface area contributed by atoms with Gasteiger partial charge in [-0.3, -0.25) is 14.4 Å². The van der Waals surface area contributed by atoms with Crippen LogP contribution in [0.2, 0.25) is 0 Å². The lowest BCUT2D eigenvalue weighted by Crippen LogP contribution is -2.30. The molecule has 0 saturated carbocycles. The Balaban J connectivity index is 1.85. The first kappa shape index (κ1) is 18.3. The zero-order chi connectivity index (χ0) is 19.6. The number of carboxylic acid groups (broad SMARTS) is 1. The van der Waals surface area contributed by atoms with E-state index in [1.54, 1.807) is 42.5 Å². The highest BCUT2D eigenvalue weighted by Gasteiger charge is 2.37. The highest BCUT2D eigenvalue weighted by Crippen LogP contribution is 2.26. The molecule has 7 heteroatoms. The Labute approximate surface area is 155 Å². The van der Waals surface area contributed by atoms with Gasteiger partial charge in [0, 0.05) is 0 Å². The third-order valence-corrected chi connectivity index (χ3v) is 4.13. The molecule has 1 aliphatic rings. The second-order valence-corrected chi connectivity index (χ2v) is 5.96. The second kappa shape index (κ2) is 7.43. The van der Waals surface area contributed by atoms with Crippen LogP contribution in [0, 0.1) is 6.92 Å². The monoisotopic (exact) mass is 367 g/mol. The summed E-state index contributed by atoms with van der Waals surface area (Å²) in [6.45, 7) is 1.67. The Morgan fingerprint density at radius 3 is 2.52 bits per heavy atom. The molecule has 7 nitrogen and oxygen atoms in total. The van der Waals surface area contributed by atoms with E-state index in [-0.39, 0.29) is 17.7 Å². The molecule has 0 aromatic heterocycles. The first-order chi connectivity index (χ1) is 12.9. The fourth-order valence-corrected chi connectivity index (χ4v) is 2.84. The van der Waals surface area contributed by atoms with E-state index in [4.69, 9.17) is 9.57 Å². The molecular formula is C20H17NO6. The molecule has 0 spiro atoms. The van der Waals surface area contributed by atoms with Crippen molar-refractivity contribution < 1.29 is 29.1 Å². The van der Waals surface area contributed by atoms with Crippen LogP contribution in [0.25, 0.3) is 5.57 Å². The Morgan fingerprint density at radius 1 is 1.11 bits per heavy atom. The lowest BCUT2D eigenvalue weighted by Gasteiger charge is -2.15. The van der Waals surface area contributed by atoms with Crippen LogP contribution >= 0.6 is 0 Å². The Bertz CT molecular complexity index is 963. The van der Waals surface area contributed by atoms with Crippen molar-refractivity contribution in [1.82, 2.24) is 5.06 Å². The maximum atomic E-state index is 12.5. The van der Waals surface area contributed by atoms with Crippen molar-refractivity contribution in [3.05, 3.63) is 76.5 Å². The van der Waals surface area contributed by atoms with E-state index in [0.717, 1.165) is 11.8 Å². The van der Waals surface area contributed by atoms with Gasteiger partial charge in [-0.15, -0.1) is 5.06 Å². The van der Waals surface area contributed by atoms with Gasteiger partial charge in [0.25, 0.3) is 11.8 Å². The third-order valence-electron chi connectivity index (χ3n) is 4.13. The molecule has 1 heterocycles. The number of aliphatic carboxylic acids is 1. The number of hydrogen-bond donors (Lipinski definition) is 1. The van der Waals surface area contributed by atoms with Crippen molar-refractivity contribution in [2.75, 3.05) is 7.11 Å². The lowest BCUT2D eigenvalue weighted by molar-refractivity contribution is -0.130. The van der Waals surface area contributed by atoms with Crippen molar-refractivity contribution in [2.45, 2.75) is 13.5 Å².